The Labute approximate surface area is 232 Å². The number of benzene rings is 4. The SMILES string of the molecule is C=CCC1c2ccccc2-c2ccc[c]([Zr+2][c]3cccc4c3C(CC=C)c3ccccc3-4)c21.[Cl-].[Cl-]. The van der Waals surface area contributed by atoms with E-state index in [1.807, 2.05) is 0 Å². The Morgan fingerprint density at radius 3 is 1.37 bits per heavy atom. The first-order valence-electron chi connectivity index (χ1n) is 11.7. The molecule has 172 valence electrons. The number of rotatable bonds is 6. The second-order valence-corrected chi connectivity index (χ2v) is 12.2. The van der Waals surface area contributed by atoms with Crippen molar-refractivity contribution in [2.24, 2.45) is 0 Å². The number of hydrogen-bond donors (Lipinski definition) is 0. The molecule has 2 aliphatic carbocycles. The monoisotopic (exact) mass is 570 g/mol. The van der Waals surface area contributed by atoms with E-state index in [9.17, 15) is 0 Å². The van der Waals surface area contributed by atoms with Crippen molar-refractivity contribution in [2.45, 2.75) is 24.7 Å². The molecule has 0 N–H and O–H groups in total. The normalized spacial score (nSPS) is 15.9. The maximum atomic E-state index is 4.09. The second kappa shape index (κ2) is 10.8. The van der Waals surface area contributed by atoms with Crippen LogP contribution >= 0.6 is 0 Å². The van der Waals surface area contributed by atoms with Crippen LogP contribution in [-0.2, 0) is 23.2 Å². The molecule has 2 unspecified atom stereocenters. The average molecular weight is 573 g/mol. The van der Waals surface area contributed by atoms with Gasteiger partial charge in [-0.2, -0.15) is 0 Å². The smallest absolute Gasteiger partial charge is 1.00 e. The number of allylic oxidation sites excluding steroid dienone is 2. The summed E-state index contributed by atoms with van der Waals surface area (Å²) in [5.41, 5.74) is 11.8. The van der Waals surface area contributed by atoms with Crippen molar-refractivity contribution in [3.05, 3.63) is 132 Å². The van der Waals surface area contributed by atoms with Gasteiger partial charge in [-0.3, -0.25) is 0 Å². The second-order valence-electron chi connectivity index (χ2n) is 8.99. The maximum Gasteiger partial charge on any atom is -1.00 e. The standard InChI is InChI=1S/2C16H13.2ClH.Zr/c2*1-2-7-12-13-8-3-5-10-15(13)16-11-6-4-9-14(12)16;;;/h2*2-6,8,10-12H,1,7H2;2*1H;/q;;;;+2/p-2. The molecule has 0 heterocycles. The molecule has 2 atom stereocenters. The van der Waals surface area contributed by atoms with E-state index in [0.717, 1.165) is 12.8 Å². The van der Waals surface area contributed by atoms with Crippen LogP contribution in [0, 0.1) is 0 Å². The molecule has 0 amide bonds. The first-order valence-corrected chi connectivity index (χ1v) is 14.2. The van der Waals surface area contributed by atoms with Gasteiger partial charge in [-0.15, -0.1) is 0 Å². The number of fused-ring (bicyclic) bond motifs is 6. The number of halogens is 2. The van der Waals surface area contributed by atoms with E-state index < -0.39 is 23.2 Å². The fraction of sp³-hybridized carbons (Fsp3) is 0.125. The summed E-state index contributed by atoms with van der Waals surface area (Å²) in [4.78, 5) is 0. The molecule has 0 bridgehead atoms. The van der Waals surface area contributed by atoms with Crippen molar-refractivity contribution in [1.82, 2.24) is 0 Å². The molecule has 3 heteroatoms. The first kappa shape index (κ1) is 25.9. The van der Waals surface area contributed by atoms with Gasteiger partial charge in [0.25, 0.3) is 0 Å². The van der Waals surface area contributed by atoms with Crippen molar-refractivity contribution in [1.29, 1.82) is 0 Å². The Morgan fingerprint density at radius 2 is 0.943 bits per heavy atom. The molecule has 0 nitrogen and oxygen atoms in total. The third kappa shape index (κ3) is 4.23. The summed E-state index contributed by atoms with van der Waals surface area (Å²) < 4.78 is 3.22. The fourth-order valence-electron chi connectivity index (χ4n) is 5.94. The predicted molar refractivity (Wildman–Crippen MR) is 136 cm³/mol. The Morgan fingerprint density at radius 1 is 0.543 bits per heavy atom. The molecule has 0 aromatic heterocycles. The molecule has 4 aromatic carbocycles. The van der Waals surface area contributed by atoms with E-state index in [1.54, 1.807) is 17.7 Å². The molecule has 0 fully saturated rings. The van der Waals surface area contributed by atoms with Crippen LogP contribution in [0.5, 0.6) is 0 Å². The van der Waals surface area contributed by atoms with Gasteiger partial charge in [0.15, 0.2) is 0 Å². The van der Waals surface area contributed by atoms with Crippen LogP contribution in [0.15, 0.2) is 110 Å². The van der Waals surface area contributed by atoms with E-state index in [2.05, 4.69) is 110 Å². The third-order valence-corrected chi connectivity index (χ3v) is 10.7. The van der Waals surface area contributed by atoms with Crippen molar-refractivity contribution < 1.29 is 48.0 Å². The van der Waals surface area contributed by atoms with Crippen LogP contribution in [0.4, 0.5) is 0 Å². The van der Waals surface area contributed by atoms with Gasteiger partial charge < -0.3 is 24.8 Å². The average Bonchev–Trinajstić information content (AvgIpc) is 3.35. The van der Waals surface area contributed by atoms with Gasteiger partial charge >= 0.3 is 209 Å². The van der Waals surface area contributed by atoms with Gasteiger partial charge in [-0.25, -0.2) is 0 Å². The third-order valence-electron chi connectivity index (χ3n) is 7.24. The molecular weight excluding hydrogens is 546 g/mol. The zero-order valence-corrected chi connectivity index (χ0v) is 23.4. The molecule has 0 spiro atoms. The molecule has 0 radical (unpaired) electrons. The minimum Gasteiger partial charge on any atom is -1.00 e. The van der Waals surface area contributed by atoms with Crippen LogP contribution < -0.4 is 31.4 Å². The summed E-state index contributed by atoms with van der Waals surface area (Å²) in [6, 6.07) is 32.0. The van der Waals surface area contributed by atoms with Crippen LogP contribution in [0.25, 0.3) is 22.3 Å². The summed E-state index contributed by atoms with van der Waals surface area (Å²) >= 11 is -1.04. The van der Waals surface area contributed by atoms with Crippen LogP contribution in [0.3, 0.4) is 0 Å². The van der Waals surface area contributed by atoms with Gasteiger partial charge in [0, 0.05) is 0 Å². The van der Waals surface area contributed by atoms with Gasteiger partial charge in [0.05, 0.1) is 0 Å². The molecule has 0 aliphatic heterocycles. The van der Waals surface area contributed by atoms with E-state index in [4.69, 9.17) is 0 Å². The maximum absolute atomic E-state index is 4.09. The molecule has 35 heavy (non-hydrogen) atoms. The predicted octanol–water partition coefficient (Wildman–Crippen LogP) is 1.10. The molecule has 4 aromatic rings. The molecule has 6 rings (SSSR count). The summed E-state index contributed by atoms with van der Waals surface area (Å²) in [7, 11) is 0. The van der Waals surface area contributed by atoms with E-state index in [0.29, 0.717) is 11.8 Å². The minimum absolute atomic E-state index is 0. The summed E-state index contributed by atoms with van der Waals surface area (Å²) in [5, 5.41) is 0. The van der Waals surface area contributed by atoms with Crippen molar-refractivity contribution in [2.75, 3.05) is 0 Å². The van der Waals surface area contributed by atoms with Gasteiger partial charge in [0.2, 0.25) is 0 Å². The minimum atomic E-state index is -1.04. The summed E-state index contributed by atoms with van der Waals surface area (Å²) in [6.45, 7) is 8.18. The first-order chi connectivity index (χ1) is 16.3. The topological polar surface area (TPSA) is 0 Å². The van der Waals surface area contributed by atoms with Crippen molar-refractivity contribution in [3.63, 3.8) is 0 Å². The van der Waals surface area contributed by atoms with Crippen LogP contribution in [-0.4, -0.2) is 0 Å². The molecule has 0 saturated heterocycles. The van der Waals surface area contributed by atoms with Gasteiger partial charge in [-0.1, -0.05) is 0 Å². The zero-order valence-electron chi connectivity index (χ0n) is 19.5. The van der Waals surface area contributed by atoms with E-state index in [-0.39, 0.29) is 24.8 Å². The van der Waals surface area contributed by atoms with Crippen molar-refractivity contribution >= 4 is 6.54 Å². The fourth-order valence-corrected chi connectivity index (χ4v) is 9.72. The Balaban J connectivity index is 0.00000144. The Hall–Kier alpha value is -2.18. The molecule has 2 aliphatic rings. The van der Waals surface area contributed by atoms with Crippen LogP contribution in [0.1, 0.15) is 46.9 Å². The largest absolute Gasteiger partial charge is 1.00 e. The Bertz CT molecular complexity index is 1300. The number of hydrogen-bond acceptors (Lipinski definition) is 0. The summed E-state index contributed by atoms with van der Waals surface area (Å²) in [6.07, 6.45) is 6.18. The van der Waals surface area contributed by atoms with Crippen LogP contribution in [0.2, 0.25) is 0 Å². The van der Waals surface area contributed by atoms with E-state index in [1.165, 1.54) is 33.4 Å². The quantitative estimate of drug-likeness (QED) is 0.304. The molecule has 0 saturated carbocycles. The summed E-state index contributed by atoms with van der Waals surface area (Å²) in [5.74, 6) is 0.868. The van der Waals surface area contributed by atoms with Gasteiger partial charge in [0.1, 0.15) is 0 Å². The van der Waals surface area contributed by atoms with E-state index >= 15 is 0 Å². The molecular formula is C32H26Cl2Zr. The van der Waals surface area contributed by atoms with Crippen molar-refractivity contribution in [3.8, 4) is 22.3 Å². The zero-order chi connectivity index (χ0) is 22.4. The Kier molecular flexibility index (Phi) is 8.02. The van der Waals surface area contributed by atoms with Gasteiger partial charge in [-0.05, 0) is 0 Å².